The summed E-state index contributed by atoms with van der Waals surface area (Å²) < 4.78 is 0. The van der Waals surface area contributed by atoms with E-state index in [1.807, 2.05) is 6.92 Å². The molecule has 0 radical (unpaired) electrons. The van der Waals surface area contributed by atoms with Gasteiger partial charge in [-0.25, -0.2) is 0 Å². The fourth-order valence-electron chi connectivity index (χ4n) is 1.50. The molecule has 0 aliphatic heterocycles. The quantitative estimate of drug-likeness (QED) is 0.458. The van der Waals surface area contributed by atoms with Gasteiger partial charge in [-0.2, -0.15) is 0 Å². The Balaban J connectivity index is 2.76. The van der Waals surface area contributed by atoms with Crippen molar-refractivity contribution in [3.8, 4) is 0 Å². The molecular formula is C11H16N2O2. The molecule has 0 atom stereocenters. The summed E-state index contributed by atoms with van der Waals surface area (Å²) in [5.41, 5.74) is 7.73. The third-order valence-corrected chi connectivity index (χ3v) is 2.44. The van der Waals surface area contributed by atoms with E-state index in [-0.39, 0.29) is 10.6 Å². The van der Waals surface area contributed by atoms with E-state index in [2.05, 4.69) is 0 Å². The van der Waals surface area contributed by atoms with Crippen LogP contribution >= 0.6 is 0 Å². The maximum atomic E-state index is 10.6. The first-order valence-electron chi connectivity index (χ1n) is 5.09. The molecule has 1 rings (SSSR count). The number of unbranched alkanes of at least 4 members (excludes halogenated alkanes) is 1. The number of non-ortho nitro benzene ring substituents is 1. The normalized spacial score (nSPS) is 10.3. The van der Waals surface area contributed by atoms with Gasteiger partial charge < -0.3 is 5.73 Å². The number of benzene rings is 1. The Morgan fingerprint density at radius 3 is 2.73 bits per heavy atom. The lowest BCUT2D eigenvalue weighted by molar-refractivity contribution is -0.384. The van der Waals surface area contributed by atoms with Crippen LogP contribution in [0.2, 0.25) is 0 Å². The minimum atomic E-state index is -0.355. The van der Waals surface area contributed by atoms with Crippen molar-refractivity contribution < 1.29 is 4.92 Å². The van der Waals surface area contributed by atoms with Gasteiger partial charge in [0.2, 0.25) is 0 Å². The van der Waals surface area contributed by atoms with E-state index in [4.69, 9.17) is 5.73 Å². The van der Waals surface area contributed by atoms with E-state index in [0.717, 1.165) is 30.4 Å². The van der Waals surface area contributed by atoms with E-state index in [0.29, 0.717) is 6.54 Å². The van der Waals surface area contributed by atoms with E-state index < -0.39 is 0 Å². The predicted octanol–water partition coefficient (Wildman–Crippen LogP) is 2.18. The largest absolute Gasteiger partial charge is 0.330 e. The number of rotatable bonds is 5. The summed E-state index contributed by atoms with van der Waals surface area (Å²) in [6.07, 6.45) is 2.81. The van der Waals surface area contributed by atoms with Crippen molar-refractivity contribution in [1.82, 2.24) is 0 Å². The molecule has 0 bridgehead atoms. The number of hydrogen-bond donors (Lipinski definition) is 1. The number of nitro benzene ring substituents is 1. The van der Waals surface area contributed by atoms with Crippen LogP contribution in [0.3, 0.4) is 0 Å². The summed E-state index contributed by atoms with van der Waals surface area (Å²) >= 11 is 0. The molecule has 0 saturated heterocycles. The molecule has 0 unspecified atom stereocenters. The average molecular weight is 208 g/mol. The third kappa shape index (κ3) is 3.32. The Kier molecular flexibility index (Phi) is 4.24. The van der Waals surface area contributed by atoms with Crippen molar-refractivity contribution in [2.45, 2.75) is 26.2 Å². The lowest BCUT2D eigenvalue weighted by Gasteiger charge is -2.04. The third-order valence-electron chi connectivity index (χ3n) is 2.44. The van der Waals surface area contributed by atoms with Gasteiger partial charge in [-0.05, 0) is 43.9 Å². The first kappa shape index (κ1) is 11.7. The molecule has 0 heterocycles. The molecule has 4 heteroatoms. The van der Waals surface area contributed by atoms with Crippen LogP contribution in [0.1, 0.15) is 24.0 Å². The molecule has 15 heavy (non-hydrogen) atoms. The number of hydrogen-bond acceptors (Lipinski definition) is 3. The average Bonchev–Trinajstić information content (AvgIpc) is 2.20. The van der Waals surface area contributed by atoms with E-state index in [1.54, 1.807) is 18.2 Å². The van der Waals surface area contributed by atoms with Crippen LogP contribution in [0, 0.1) is 17.0 Å². The standard InChI is InChI=1S/C11H16N2O2/c1-9-5-6-11(13(14)15)8-10(9)4-2-3-7-12/h5-6,8H,2-4,7,12H2,1H3. The number of nitrogens with two attached hydrogens (primary N) is 1. The van der Waals surface area contributed by atoms with Gasteiger partial charge in [0, 0.05) is 12.1 Å². The van der Waals surface area contributed by atoms with Gasteiger partial charge in [-0.1, -0.05) is 6.07 Å². The van der Waals surface area contributed by atoms with Crippen LogP contribution in [-0.4, -0.2) is 11.5 Å². The number of nitro groups is 1. The van der Waals surface area contributed by atoms with E-state index >= 15 is 0 Å². The van der Waals surface area contributed by atoms with Gasteiger partial charge in [0.15, 0.2) is 0 Å². The second-order valence-corrected chi connectivity index (χ2v) is 3.61. The highest BCUT2D eigenvalue weighted by Crippen LogP contribution is 2.18. The predicted molar refractivity (Wildman–Crippen MR) is 59.8 cm³/mol. The van der Waals surface area contributed by atoms with Crippen molar-refractivity contribution in [2.24, 2.45) is 5.73 Å². The van der Waals surface area contributed by atoms with Gasteiger partial charge in [0.1, 0.15) is 0 Å². The lowest BCUT2D eigenvalue weighted by atomic mass is 10.0. The fraction of sp³-hybridized carbons (Fsp3) is 0.455. The molecule has 4 nitrogen and oxygen atoms in total. The van der Waals surface area contributed by atoms with Gasteiger partial charge in [-0.3, -0.25) is 10.1 Å². The molecule has 0 aromatic heterocycles. The molecule has 0 spiro atoms. The minimum absolute atomic E-state index is 0.170. The Bertz CT molecular complexity index is 350. The van der Waals surface area contributed by atoms with Gasteiger partial charge in [0.25, 0.3) is 5.69 Å². The summed E-state index contributed by atoms with van der Waals surface area (Å²) in [5.74, 6) is 0. The van der Waals surface area contributed by atoms with Gasteiger partial charge in [0.05, 0.1) is 4.92 Å². The monoisotopic (exact) mass is 208 g/mol. The molecule has 0 amide bonds. The Morgan fingerprint density at radius 2 is 2.13 bits per heavy atom. The van der Waals surface area contributed by atoms with Crippen LogP contribution in [-0.2, 0) is 6.42 Å². The van der Waals surface area contributed by atoms with Crippen LogP contribution in [0.5, 0.6) is 0 Å². The topological polar surface area (TPSA) is 69.2 Å². The zero-order chi connectivity index (χ0) is 11.3. The summed E-state index contributed by atoms with van der Waals surface area (Å²) in [6, 6.07) is 5.00. The molecule has 82 valence electrons. The van der Waals surface area contributed by atoms with Crippen LogP contribution in [0.4, 0.5) is 5.69 Å². The fourth-order valence-corrected chi connectivity index (χ4v) is 1.50. The highest BCUT2D eigenvalue weighted by molar-refractivity contribution is 5.39. The van der Waals surface area contributed by atoms with Crippen LogP contribution < -0.4 is 5.73 Å². The van der Waals surface area contributed by atoms with Gasteiger partial charge >= 0.3 is 0 Å². The molecule has 0 saturated carbocycles. The van der Waals surface area contributed by atoms with Crippen LogP contribution in [0.15, 0.2) is 18.2 Å². The smallest absolute Gasteiger partial charge is 0.269 e. The highest BCUT2D eigenvalue weighted by atomic mass is 16.6. The zero-order valence-electron chi connectivity index (χ0n) is 8.90. The molecule has 0 fully saturated rings. The Morgan fingerprint density at radius 1 is 1.40 bits per heavy atom. The minimum Gasteiger partial charge on any atom is -0.330 e. The molecule has 1 aromatic rings. The highest BCUT2D eigenvalue weighted by Gasteiger charge is 2.07. The summed E-state index contributed by atoms with van der Waals surface area (Å²) in [5, 5.41) is 10.6. The van der Waals surface area contributed by atoms with Crippen molar-refractivity contribution in [3.05, 3.63) is 39.4 Å². The van der Waals surface area contributed by atoms with Crippen molar-refractivity contribution in [2.75, 3.05) is 6.54 Å². The number of nitrogens with zero attached hydrogens (tertiary/aromatic N) is 1. The zero-order valence-corrected chi connectivity index (χ0v) is 8.90. The number of aryl methyl sites for hydroxylation is 2. The maximum Gasteiger partial charge on any atom is 0.269 e. The summed E-state index contributed by atoms with van der Waals surface area (Å²) in [6.45, 7) is 2.65. The second kappa shape index (κ2) is 5.46. The molecular weight excluding hydrogens is 192 g/mol. The van der Waals surface area contributed by atoms with E-state index in [1.165, 1.54) is 0 Å². The Labute approximate surface area is 89.2 Å². The first-order valence-corrected chi connectivity index (χ1v) is 5.09. The first-order chi connectivity index (χ1) is 7.15. The van der Waals surface area contributed by atoms with E-state index in [9.17, 15) is 10.1 Å². The molecule has 2 N–H and O–H groups in total. The lowest BCUT2D eigenvalue weighted by Crippen LogP contribution is -2.00. The van der Waals surface area contributed by atoms with Crippen molar-refractivity contribution >= 4 is 5.69 Å². The molecule has 1 aromatic carbocycles. The van der Waals surface area contributed by atoms with Crippen LogP contribution in [0.25, 0.3) is 0 Å². The van der Waals surface area contributed by atoms with Gasteiger partial charge in [-0.15, -0.1) is 0 Å². The molecule has 0 aliphatic rings. The SMILES string of the molecule is Cc1ccc([N+](=O)[O-])cc1CCCCN. The molecule has 0 aliphatic carbocycles. The summed E-state index contributed by atoms with van der Waals surface area (Å²) in [7, 11) is 0. The Hall–Kier alpha value is -1.42. The second-order valence-electron chi connectivity index (χ2n) is 3.61. The maximum absolute atomic E-state index is 10.6. The summed E-state index contributed by atoms with van der Waals surface area (Å²) in [4.78, 5) is 10.2. The van der Waals surface area contributed by atoms with Crippen molar-refractivity contribution in [3.63, 3.8) is 0 Å². The van der Waals surface area contributed by atoms with Crippen molar-refractivity contribution in [1.29, 1.82) is 0 Å².